The average molecular weight is 2070 g/mol. The number of anilines is 7. The van der Waals surface area contributed by atoms with Crippen molar-refractivity contribution < 1.29 is 251 Å². The minimum Gasteiger partial charge on any atom is -0.917 e. The van der Waals surface area contributed by atoms with Crippen LogP contribution in [0.15, 0.2) is 86.4 Å². The molecular formula is C58H67Cl7N33Na5O22S4. The zero-order valence-electron chi connectivity index (χ0n) is 66.2. The summed E-state index contributed by atoms with van der Waals surface area (Å²) in [7, 11) is -3.11. The van der Waals surface area contributed by atoms with Gasteiger partial charge in [0.1, 0.15) is 51.8 Å². The molecule has 0 saturated carbocycles. The second-order valence-electron chi connectivity index (χ2n) is 19.2. The summed E-state index contributed by atoms with van der Waals surface area (Å²) in [6, 6.07) is 18.0. The van der Waals surface area contributed by atoms with Crippen molar-refractivity contribution >= 4 is 212 Å². The second kappa shape index (κ2) is 76.1. The molecule has 10 aromatic rings. The monoisotopic (exact) mass is 2070 g/mol. The molecule has 0 spiro atoms. The molecule has 55 nitrogen and oxygen atoms in total. The fraction of sp³-hybridized carbons (Fsp3) is 0.121. The smallest absolute Gasteiger partial charge is 0.917 e. The van der Waals surface area contributed by atoms with Gasteiger partial charge in [0, 0.05) is 17.8 Å². The van der Waals surface area contributed by atoms with E-state index in [0.29, 0.717) is 28.0 Å². The number of hydrogen-bond donors (Lipinski definition) is 19. The summed E-state index contributed by atoms with van der Waals surface area (Å²) in [4.78, 5) is 128. The van der Waals surface area contributed by atoms with Crippen LogP contribution in [0, 0.1) is 47.8 Å². The van der Waals surface area contributed by atoms with E-state index in [4.69, 9.17) is 168 Å². The van der Waals surface area contributed by atoms with Crippen molar-refractivity contribution in [1.82, 2.24) is 89.1 Å². The number of nitrogens with two attached hydrogens (primary N) is 9. The Bertz CT molecular complexity index is 5190. The Morgan fingerprint density at radius 2 is 0.860 bits per heavy atom. The van der Waals surface area contributed by atoms with Crippen LogP contribution in [0.2, 0.25) is 26.4 Å². The Kier molecular flexibility index (Phi) is 84.7. The molecular weight excluding hydrogens is 2000 g/mol. The number of carboxylic acids is 6. The number of benzene rings is 3. The molecule has 0 fully saturated rings. The molecule has 674 valence electrons. The number of hydrazine groups is 4. The zero-order valence-corrected chi connectivity index (χ0v) is 84.9. The minimum atomic E-state index is -3.11. The van der Waals surface area contributed by atoms with Crippen molar-refractivity contribution in [3.63, 3.8) is 0 Å². The van der Waals surface area contributed by atoms with Gasteiger partial charge in [-0.25, -0.2) is 69.9 Å². The maximum absolute atomic E-state index is 11.7. The summed E-state index contributed by atoms with van der Waals surface area (Å²) in [5, 5.41) is 120. The number of nitriles is 3. The van der Waals surface area contributed by atoms with Crippen LogP contribution in [0.3, 0.4) is 0 Å². The molecule has 7 heterocycles. The van der Waals surface area contributed by atoms with Gasteiger partial charge in [0.25, 0.3) is 12.4 Å². The van der Waals surface area contributed by atoms with Crippen LogP contribution in [0.4, 0.5) is 40.7 Å². The van der Waals surface area contributed by atoms with Crippen molar-refractivity contribution in [3.8, 4) is 47.8 Å². The molecule has 10 rings (SSSR count). The van der Waals surface area contributed by atoms with E-state index >= 15 is 0 Å². The van der Waals surface area contributed by atoms with E-state index in [2.05, 4.69) is 108 Å². The summed E-state index contributed by atoms with van der Waals surface area (Å²) in [5.74, 6) is 16.4. The molecule has 129 heavy (non-hydrogen) atoms. The first-order valence-electron chi connectivity index (χ1n) is 29.3. The molecule has 0 aliphatic carbocycles. The van der Waals surface area contributed by atoms with Crippen molar-refractivity contribution in [2.45, 2.75) is 33.7 Å². The van der Waals surface area contributed by atoms with Gasteiger partial charge in [-0.2, -0.15) is 86.3 Å². The van der Waals surface area contributed by atoms with E-state index in [0.717, 1.165) is 27.1 Å². The van der Waals surface area contributed by atoms with Gasteiger partial charge in [-0.1, -0.05) is 14.9 Å². The number of aryl methyl sites for hydroxylation is 2. The van der Waals surface area contributed by atoms with E-state index in [9.17, 15) is 43.8 Å². The third-order valence-electron chi connectivity index (χ3n) is 11.5. The molecule has 0 amide bonds. The molecule has 3 aromatic carbocycles. The first kappa shape index (κ1) is 144. The van der Waals surface area contributed by atoms with Crippen LogP contribution in [0.25, 0.3) is 17.6 Å². The Hall–Kier alpha value is -8.46. The van der Waals surface area contributed by atoms with E-state index in [1.807, 2.05) is 30.7 Å². The number of carbonyl (C=O) groups is 7. The number of aromatic nitrogens is 18. The molecule has 71 heteroatoms. The normalized spacial score (nSPS) is 8.71. The summed E-state index contributed by atoms with van der Waals surface area (Å²) >= 11 is 30.4. The van der Waals surface area contributed by atoms with E-state index < -0.39 is 64.5 Å². The number of thioether (sulfide) groups is 3. The number of H-pyrrole nitrogens is 1. The molecule has 0 atom stereocenters. The topological polar surface area (TPSA) is 978 Å². The van der Waals surface area contributed by atoms with E-state index in [1.54, 1.807) is 32.2 Å². The second-order valence-corrected chi connectivity index (χ2v) is 24.0. The van der Waals surface area contributed by atoms with Crippen LogP contribution < -0.4 is 237 Å². The summed E-state index contributed by atoms with van der Waals surface area (Å²) in [6.07, 6.45) is 5.41. The van der Waals surface area contributed by atoms with Gasteiger partial charge in [-0.05, 0) is 145 Å². The fourth-order valence-electron chi connectivity index (χ4n) is 7.12. The number of aromatic carboxylic acids is 6. The van der Waals surface area contributed by atoms with Crippen LogP contribution in [-0.4, -0.2) is 191 Å². The van der Waals surface area contributed by atoms with Crippen LogP contribution in [0.1, 0.15) is 94.0 Å². The molecule has 0 unspecified atom stereocenters. The quantitative estimate of drug-likeness (QED) is 0.00365. The summed E-state index contributed by atoms with van der Waals surface area (Å²) in [6.45, 7) is 3.37. The maximum Gasteiger partial charge on any atom is 1.00 e. The van der Waals surface area contributed by atoms with Gasteiger partial charge < -0.3 is 97.8 Å². The number of nitrogens with one attached hydrogen (secondary N) is 4. The molecule has 7 aromatic heterocycles. The van der Waals surface area contributed by atoms with Crippen molar-refractivity contribution in [2.75, 3.05) is 58.0 Å². The molecule has 0 saturated heterocycles. The number of hydrogen-bond acceptors (Lipinski definition) is 48. The first-order chi connectivity index (χ1) is 55.9. The Balaban J connectivity index is -0.000000136. The number of allylic oxidation sites excluding steroid dienone is 1. The average Bonchev–Trinajstić information content (AvgIpc) is 1.65. The standard InChI is InChI=1S/C13H10N4O4S.C11H13N9O.C8H8N2O4.C8H7NO4.C6H6N2S2.C3Cl3N3.C3HCl2N3O.C3H7N7O.CH2O3.2CH4.2ClH.H4N2.5Na.O3S.H2O/c1-22-11-9(5-14)10(15)17(16-11)8-3-6(12(18)19)2-7(4-8)13(20)21;1-5-3-7(12)19(17-5)9-14-10(16-11(21)15-9)20-8(13)4-6(2)18-20;9-10-6-2-4(7(11)12)1-5(3-6)8(13)14;9-6-2-4(7(10)11)1-5(3-6)8(12)13;1-9-6(10-2)5(3-7)4-8;4-1-7-2(5)9-3(6)8-1;4-1-6-2(5)8-3(9)7-1;4-9-1-6-2(10-5)8-3(11)7-1;2-1-4-3;;;;;1-2;;;;;;1-4(2)3;/h2-4H,15H2,1H3,(H,18,19)(H,20,21);3-4H,12-13H2,1-2H3,(H,14,15,16,21);1-3,10H,9H2,(H,11,12)(H,13,14);1-3H,9H2,(H,10,11)(H,12,13);1-2H3;;(H,6,7,8,9);4-5H2,(H3,6,7,8,9,10,11);1,3H;2*1H4;2*1H;1-2H2;;;;;;;1H2/q;;;;;;;;;;;;;;5*+1;-2;/p-3. The molecule has 0 radical (unpaired) electrons. The Morgan fingerprint density at radius 1 is 0.535 bits per heavy atom. The molecule has 0 aliphatic heterocycles. The third kappa shape index (κ3) is 54.2. The fourth-order valence-corrected chi connectivity index (χ4v) is 9.85. The molecule has 0 aliphatic rings. The largest absolute Gasteiger partial charge is 1.00 e. The SMILES string of the molecule is C.C.CSC(SC)=C(C#N)C#N.CSc1nn(-c2cc(C(=O)O)cc(C(=O)O)c2)c(N)c1C#N.Cc1cc(N)n(-c2nc(-n3nc(C)cc3N)[nH]c(=O)n2)n1.Cl.Cl.Clc1nc(Cl)nc(Cl)n1.NN.NNc1cc(C(=O)O)cc(C(=O)O)c1.NNc1nc([O-])nc(NN)n1.Nc1cc(C(=O)O)cc(C(=O)O)c1.O.O=CO[O-].O=[S-](=O)[O-].[Na+].[Na+].[Na+].[Na+].[Na+].[O-]c1nc(Cl)nc(Cl)n1. The first-order valence-corrected chi connectivity index (χ1v) is 35.8. The minimum absolute atomic E-state index is 0. The van der Waals surface area contributed by atoms with Gasteiger partial charge >= 0.3 is 189 Å². The zero-order chi connectivity index (χ0) is 91.3. The number of carbonyl (C=O) groups excluding carboxylic acids is 1. The molecule has 0 bridgehead atoms. The van der Waals surface area contributed by atoms with Crippen molar-refractivity contribution in [2.24, 2.45) is 29.2 Å². The Labute approximate surface area is 889 Å². The van der Waals surface area contributed by atoms with E-state index in [-0.39, 0.29) is 317 Å². The number of rotatable bonds is 16. The Morgan fingerprint density at radius 3 is 1.12 bits per heavy atom. The number of carboxylic acid groups (broad SMARTS) is 6. The van der Waals surface area contributed by atoms with Crippen LogP contribution >= 0.6 is 118 Å². The maximum atomic E-state index is 11.7. The predicted octanol–water partition coefficient (Wildman–Crippen LogP) is -13.6. The van der Waals surface area contributed by atoms with Crippen molar-refractivity contribution in [1.29, 1.82) is 15.8 Å². The van der Waals surface area contributed by atoms with E-state index in [1.165, 1.54) is 81.0 Å². The van der Waals surface area contributed by atoms with Gasteiger partial charge in [0.15, 0.2) is 0 Å². The molecule has 30 N–H and O–H groups in total. The summed E-state index contributed by atoms with van der Waals surface area (Å²) in [5.41, 5.74) is 29.9. The number of nitrogen functional groups attached to an aromatic ring is 7. The third-order valence-corrected chi connectivity index (χ3v) is 15.1. The van der Waals surface area contributed by atoms with Crippen molar-refractivity contribution in [3.05, 3.63) is 164 Å². The van der Waals surface area contributed by atoms with Crippen LogP contribution in [-0.2, 0) is 29.1 Å². The van der Waals surface area contributed by atoms with Gasteiger partial charge in [0.05, 0.1) is 72.4 Å². The number of aromatic amines is 1. The number of nitrogens with zero attached hydrogens (tertiary/aromatic N) is 20. The number of halogens is 7. The summed E-state index contributed by atoms with van der Waals surface area (Å²) < 4.78 is 29.9. The van der Waals surface area contributed by atoms with Gasteiger partial charge in [-0.3, -0.25) is 38.2 Å². The van der Waals surface area contributed by atoms with Gasteiger partial charge in [0.2, 0.25) is 44.3 Å². The van der Waals surface area contributed by atoms with Gasteiger partial charge in [-0.15, -0.1) is 60.1 Å². The predicted molar refractivity (Wildman–Crippen MR) is 447 cm³/mol. The van der Waals surface area contributed by atoms with Crippen LogP contribution in [0.5, 0.6) is 12.0 Å².